The average Bonchev–Trinajstić information content (AvgIpc) is 2.74. The summed E-state index contributed by atoms with van der Waals surface area (Å²) in [4.78, 5) is 12.1. The minimum absolute atomic E-state index is 0.232. The number of hydrogen-bond acceptors (Lipinski definition) is 5. The van der Waals surface area contributed by atoms with Crippen LogP contribution in [0.1, 0.15) is 5.69 Å². The zero-order valence-electron chi connectivity index (χ0n) is 12.9. The van der Waals surface area contributed by atoms with Gasteiger partial charge in [-0.15, -0.1) is 0 Å². The van der Waals surface area contributed by atoms with Crippen LogP contribution in [0.4, 0.5) is 11.4 Å². The quantitative estimate of drug-likeness (QED) is 0.606. The summed E-state index contributed by atoms with van der Waals surface area (Å²) in [6.45, 7) is 0.345. The van der Waals surface area contributed by atoms with Gasteiger partial charge in [0.25, 0.3) is 0 Å². The van der Waals surface area contributed by atoms with Crippen molar-refractivity contribution in [3.63, 3.8) is 0 Å². The molecular weight excluding hydrogens is 342 g/mol. The number of aromatic nitrogens is 1. The zero-order chi connectivity index (χ0) is 17.4. The topological polar surface area (TPSA) is 85.5 Å². The SMILES string of the molecule is CN(Cc1cc(Cl)cn1C)c1cccc(S(C)(=O)=O)c1[N+](=O)[O-]. The number of aryl methyl sites for hydroxylation is 1. The van der Waals surface area contributed by atoms with Crippen molar-refractivity contribution >= 4 is 32.8 Å². The first kappa shape index (κ1) is 17.3. The second-order valence-electron chi connectivity index (χ2n) is 5.27. The van der Waals surface area contributed by atoms with Gasteiger partial charge in [-0.3, -0.25) is 10.1 Å². The molecule has 0 amide bonds. The lowest BCUT2D eigenvalue weighted by Crippen LogP contribution is -2.20. The Morgan fingerprint density at radius 1 is 1.39 bits per heavy atom. The van der Waals surface area contributed by atoms with Gasteiger partial charge in [-0.2, -0.15) is 0 Å². The molecule has 0 radical (unpaired) electrons. The molecule has 1 heterocycles. The maximum absolute atomic E-state index is 11.8. The Balaban J connectivity index is 2.50. The molecule has 0 atom stereocenters. The molecule has 0 bridgehead atoms. The predicted molar refractivity (Wildman–Crippen MR) is 88.7 cm³/mol. The number of benzene rings is 1. The molecule has 23 heavy (non-hydrogen) atoms. The van der Waals surface area contributed by atoms with Gasteiger partial charge in [0.05, 0.1) is 16.5 Å². The van der Waals surface area contributed by atoms with Gasteiger partial charge in [0.2, 0.25) is 0 Å². The summed E-state index contributed by atoms with van der Waals surface area (Å²) in [5, 5.41) is 12.0. The Morgan fingerprint density at radius 2 is 2.04 bits per heavy atom. The number of nitro benzene ring substituents is 1. The highest BCUT2D eigenvalue weighted by Gasteiger charge is 2.28. The Bertz CT molecular complexity index is 861. The van der Waals surface area contributed by atoms with Crippen LogP contribution >= 0.6 is 11.6 Å². The summed E-state index contributed by atoms with van der Waals surface area (Å²) in [6, 6.07) is 6.01. The van der Waals surface area contributed by atoms with Crippen molar-refractivity contribution in [2.75, 3.05) is 18.2 Å². The summed E-state index contributed by atoms with van der Waals surface area (Å²) in [5.41, 5.74) is 0.657. The molecule has 2 aromatic rings. The molecular formula is C14H16ClN3O4S. The van der Waals surface area contributed by atoms with E-state index in [0.29, 0.717) is 11.6 Å². The first-order chi connectivity index (χ1) is 10.6. The predicted octanol–water partition coefficient (Wildman–Crippen LogP) is 2.63. The number of anilines is 1. The van der Waals surface area contributed by atoms with E-state index in [0.717, 1.165) is 11.9 Å². The Kier molecular flexibility index (Phi) is 4.67. The number of nitrogens with zero attached hydrogens (tertiary/aromatic N) is 3. The maximum atomic E-state index is 11.8. The van der Waals surface area contributed by atoms with Crippen molar-refractivity contribution in [1.29, 1.82) is 0 Å². The molecule has 124 valence electrons. The molecule has 0 N–H and O–H groups in total. The Labute approximate surface area is 139 Å². The molecule has 2 rings (SSSR count). The first-order valence-electron chi connectivity index (χ1n) is 6.60. The molecule has 0 saturated carbocycles. The highest BCUT2D eigenvalue weighted by molar-refractivity contribution is 7.90. The summed E-state index contributed by atoms with van der Waals surface area (Å²) < 4.78 is 25.4. The van der Waals surface area contributed by atoms with Gasteiger partial charge in [0.15, 0.2) is 9.84 Å². The van der Waals surface area contributed by atoms with Gasteiger partial charge < -0.3 is 9.47 Å². The largest absolute Gasteiger partial charge is 0.363 e. The normalized spacial score (nSPS) is 11.5. The molecule has 0 saturated heterocycles. The number of nitro groups is 1. The van der Waals surface area contributed by atoms with Crippen molar-refractivity contribution < 1.29 is 13.3 Å². The van der Waals surface area contributed by atoms with Crippen LogP contribution in [0.3, 0.4) is 0 Å². The smallest absolute Gasteiger partial charge is 0.311 e. The molecule has 9 heteroatoms. The molecule has 0 aliphatic rings. The van der Waals surface area contributed by atoms with Gasteiger partial charge in [-0.1, -0.05) is 17.7 Å². The minimum Gasteiger partial charge on any atom is -0.363 e. The summed E-state index contributed by atoms with van der Waals surface area (Å²) in [7, 11) is -0.228. The van der Waals surface area contributed by atoms with E-state index in [1.165, 1.54) is 18.2 Å². The third-order valence-electron chi connectivity index (χ3n) is 3.44. The summed E-state index contributed by atoms with van der Waals surface area (Å²) in [5.74, 6) is 0. The van der Waals surface area contributed by atoms with Crippen LogP contribution in [0.15, 0.2) is 35.4 Å². The molecule has 7 nitrogen and oxygen atoms in total. The summed E-state index contributed by atoms with van der Waals surface area (Å²) >= 11 is 5.94. The van der Waals surface area contributed by atoms with Crippen LogP contribution in [0, 0.1) is 10.1 Å². The van der Waals surface area contributed by atoms with Crippen molar-refractivity contribution in [1.82, 2.24) is 4.57 Å². The third-order valence-corrected chi connectivity index (χ3v) is 4.78. The van der Waals surface area contributed by atoms with Gasteiger partial charge in [0.1, 0.15) is 10.6 Å². The molecule has 1 aromatic carbocycles. The number of sulfone groups is 1. The van der Waals surface area contributed by atoms with Crippen LogP contribution in [0.5, 0.6) is 0 Å². The van der Waals surface area contributed by atoms with Gasteiger partial charge in [-0.05, 0) is 18.2 Å². The van der Waals surface area contributed by atoms with Gasteiger partial charge >= 0.3 is 5.69 Å². The number of hydrogen-bond donors (Lipinski definition) is 0. The van der Waals surface area contributed by atoms with Crippen LogP contribution in [-0.4, -0.2) is 31.2 Å². The molecule has 0 fully saturated rings. The average molecular weight is 358 g/mol. The van der Waals surface area contributed by atoms with Crippen LogP contribution in [0.25, 0.3) is 0 Å². The monoisotopic (exact) mass is 357 g/mol. The van der Waals surface area contributed by atoms with Crippen LogP contribution < -0.4 is 4.90 Å². The van der Waals surface area contributed by atoms with Gasteiger partial charge in [0, 0.05) is 32.2 Å². The van der Waals surface area contributed by atoms with Crippen molar-refractivity contribution in [3.8, 4) is 0 Å². The number of para-hydroxylation sites is 1. The number of halogens is 1. The van der Waals surface area contributed by atoms with E-state index >= 15 is 0 Å². The van der Waals surface area contributed by atoms with Crippen LogP contribution in [-0.2, 0) is 23.4 Å². The highest BCUT2D eigenvalue weighted by atomic mass is 35.5. The van der Waals surface area contributed by atoms with E-state index in [-0.39, 0.29) is 10.6 Å². The molecule has 1 aromatic heterocycles. The van der Waals surface area contributed by atoms with E-state index in [4.69, 9.17) is 11.6 Å². The fraction of sp³-hybridized carbons (Fsp3) is 0.286. The van der Waals surface area contributed by atoms with Crippen molar-refractivity contribution in [3.05, 3.63) is 51.3 Å². The zero-order valence-corrected chi connectivity index (χ0v) is 14.4. The lowest BCUT2D eigenvalue weighted by molar-refractivity contribution is -0.387. The van der Waals surface area contributed by atoms with Gasteiger partial charge in [-0.25, -0.2) is 8.42 Å². The van der Waals surface area contributed by atoms with Crippen LogP contribution in [0.2, 0.25) is 5.02 Å². The lowest BCUT2D eigenvalue weighted by Gasteiger charge is -2.20. The fourth-order valence-corrected chi connectivity index (χ4v) is 3.48. The lowest BCUT2D eigenvalue weighted by atomic mass is 10.2. The Hall–Kier alpha value is -2.06. The minimum atomic E-state index is -3.71. The molecule has 0 unspecified atom stereocenters. The maximum Gasteiger partial charge on any atom is 0.311 e. The second-order valence-corrected chi connectivity index (χ2v) is 7.69. The van der Waals surface area contributed by atoms with E-state index < -0.39 is 20.4 Å². The molecule has 0 aliphatic carbocycles. The number of rotatable bonds is 5. The fourth-order valence-electron chi connectivity index (χ4n) is 2.35. The van der Waals surface area contributed by atoms with E-state index in [1.54, 1.807) is 24.2 Å². The molecule has 0 aliphatic heterocycles. The first-order valence-corrected chi connectivity index (χ1v) is 8.87. The van der Waals surface area contributed by atoms with E-state index in [2.05, 4.69) is 0 Å². The van der Waals surface area contributed by atoms with E-state index in [9.17, 15) is 18.5 Å². The Morgan fingerprint density at radius 3 is 2.52 bits per heavy atom. The highest BCUT2D eigenvalue weighted by Crippen LogP contribution is 2.34. The third kappa shape index (κ3) is 3.65. The van der Waals surface area contributed by atoms with E-state index in [1.807, 2.05) is 11.6 Å². The second kappa shape index (κ2) is 6.21. The standard InChI is InChI=1S/C14H16ClN3O4S/c1-16-8-10(15)7-11(16)9-17(2)12-5-4-6-13(23(3,21)22)14(12)18(19)20/h4-8H,9H2,1-3H3. The molecule has 0 spiro atoms. The van der Waals surface area contributed by atoms with Crippen molar-refractivity contribution in [2.45, 2.75) is 11.4 Å². The summed E-state index contributed by atoms with van der Waals surface area (Å²) in [6.07, 6.45) is 2.68. The van der Waals surface area contributed by atoms with Crippen molar-refractivity contribution in [2.24, 2.45) is 7.05 Å².